The maximum absolute atomic E-state index is 15.8. The number of aromatic nitrogens is 4. The third-order valence-corrected chi connectivity index (χ3v) is 15.7. The fourth-order valence-electron chi connectivity index (χ4n) is 10.3. The van der Waals surface area contributed by atoms with Gasteiger partial charge in [0.05, 0.1) is 28.4 Å². The number of imide groups is 1. The van der Waals surface area contributed by atoms with Crippen molar-refractivity contribution in [1.82, 2.24) is 33.9 Å². The predicted octanol–water partition coefficient (Wildman–Crippen LogP) is 6.81. The van der Waals surface area contributed by atoms with Crippen LogP contribution in [0.4, 0.5) is 25.1 Å². The lowest BCUT2D eigenvalue weighted by molar-refractivity contribution is -0.120. The number of nitrogens with zero attached hydrogens (tertiary/aromatic N) is 8. The van der Waals surface area contributed by atoms with Gasteiger partial charge in [0, 0.05) is 51.1 Å². The van der Waals surface area contributed by atoms with Crippen molar-refractivity contribution in [1.29, 1.82) is 5.26 Å². The molecule has 2 aliphatic carbocycles. The number of piperidine rings is 1. The number of aryl methyl sites for hydroxylation is 1. The monoisotopic (exact) mass is 896 g/mol. The summed E-state index contributed by atoms with van der Waals surface area (Å²) >= 11 is 0. The molecule has 3 amide bonds. The van der Waals surface area contributed by atoms with Gasteiger partial charge in [0.1, 0.15) is 23.2 Å². The molecular weight excluding hydrogens is 847 g/mol. The van der Waals surface area contributed by atoms with Crippen molar-refractivity contribution in [3.05, 3.63) is 81.9 Å². The zero-order valence-corrected chi connectivity index (χ0v) is 36.8. The molecule has 2 saturated heterocycles. The summed E-state index contributed by atoms with van der Waals surface area (Å²) in [4.78, 5) is 46.9. The molecule has 0 radical (unpaired) electrons. The van der Waals surface area contributed by atoms with Crippen LogP contribution in [0.3, 0.4) is 0 Å². The fraction of sp³-hybridized carbons (Fsp3) is 0.467. The summed E-state index contributed by atoms with van der Waals surface area (Å²) in [6.45, 7) is 3.93. The molecule has 64 heavy (non-hydrogen) atoms. The minimum atomic E-state index is -4.01. The second-order valence-corrected chi connectivity index (χ2v) is 19.5. The summed E-state index contributed by atoms with van der Waals surface area (Å²) in [7, 11) is -0.864. The number of likely N-dealkylation sites (tertiary alicyclic amines) is 1. The maximum atomic E-state index is 15.8. The van der Waals surface area contributed by atoms with E-state index in [-0.39, 0.29) is 76.6 Å². The molecule has 4 heterocycles. The lowest BCUT2D eigenvalue weighted by Crippen LogP contribution is -2.49. The smallest absolute Gasteiger partial charge is 0.329 e. The predicted molar refractivity (Wildman–Crippen MR) is 235 cm³/mol. The number of urea groups is 1. The molecule has 1 spiro atoms. The van der Waals surface area contributed by atoms with Gasteiger partial charge in [-0.25, -0.2) is 18.6 Å². The average Bonchev–Trinajstić information content (AvgIpc) is 3.84. The molecule has 4 aliphatic rings. The Bertz CT molecular complexity index is 2900. The Morgan fingerprint density at radius 3 is 2.45 bits per heavy atom. The number of benzene rings is 3. The normalized spacial score (nSPS) is 21.8. The standard InChI is InChI=1S/C45H50F2N10O6S/c1-4-53(2)64(61,62)52-38-12-10-35(46)41(34(38)25-48)63-30-9-11-37-32(21-30)43(59)57(26-49-37)29-13-15-45(24-29)16-19-55(20-17-45)28-7-5-27(6-8-28)31-23-39-33(22-36(31)47)42(51-54(39)3)56-18-14-40(58)50-44(56)60/h9-12,21-23,26-29,52H,4-8,13-20,24H2,1-3H3,(H,50,58,60)/t27?,28?,29-/m0/s1. The Kier molecular flexibility index (Phi) is 11.4. The number of nitrogens with one attached hydrogen (secondary N) is 2. The number of ether oxygens (including phenoxy) is 1. The van der Waals surface area contributed by atoms with Gasteiger partial charge in [0.15, 0.2) is 17.4 Å². The number of halogens is 2. The van der Waals surface area contributed by atoms with E-state index in [1.165, 1.54) is 30.1 Å². The van der Waals surface area contributed by atoms with Crippen molar-refractivity contribution in [2.45, 2.75) is 89.1 Å². The average molecular weight is 897 g/mol. The van der Waals surface area contributed by atoms with Crippen LogP contribution >= 0.6 is 0 Å². The zero-order valence-electron chi connectivity index (χ0n) is 35.9. The van der Waals surface area contributed by atoms with E-state index in [1.807, 2.05) is 12.1 Å². The van der Waals surface area contributed by atoms with Crippen LogP contribution in [0.25, 0.3) is 21.8 Å². The van der Waals surface area contributed by atoms with E-state index >= 15 is 8.78 Å². The summed E-state index contributed by atoms with van der Waals surface area (Å²) < 4.78 is 69.0. The van der Waals surface area contributed by atoms with E-state index in [0.717, 1.165) is 92.8 Å². The van der Waals surface area contributed by atoms with Crippen molar-refractivity contribution >= 4 is 55.5 Å². The van der Waals surface area contributed by atoms with Crippen molar-refractivity contribution in [2.24, 2.45) is 12.5 Å². The molecule has 16 nitrogen and oxygen atoms in total. The second kappa shape index (κ2) is 16.9. The fourth-order valence-corrected chi connectivity index (χ4v) is 11.3. The van der Waals surface area contributed by atoms with Gasteiger partial charge in [-0.15, -0.1) is 0 Å². The van der Waals surface area contributed by atoms with Gasteiger partial charge in [-0.3, -0.25) is 33.8 Å². The van der Waals surface area contributed by atoms with E-state index in [4.69, 9.17) is 4.74 Å². The number of carbonyl (C=O) groups is 2. The number of carbonyl (C=O) groups excluding carboxylic acids is 2. The topological polar surface area (TPSA) is 188 Å². The Morgan fingerprint density at radius 2 is 1.73 bits per heavy atom. The number of rotatable bonds is 10. The highest BCUT2D eigenvalue weighted by Crippen LogP contribution is 2.51. The summed E-state index contributed by atoms with van der Waals surface area (Å²) in [6, 6.07) is 11.8. The molecule has 2 aliphatic heterocycles. The number of hydrogen-bond donors (Lipinski definition) is 2. The van der Waals surface area contributed by atoms with E-state index in [0.29, 0.717) is 28.3 Å². The van der Waals surface area contributed by atoms with Gasteiger partial charge in [0.25, 0.3) is 5.56 Å². The van der Waals surface area contributed by atoms with Gasteiger partial charge < -0.3 is 9.64 Å². The molecule has 2 aromatic heterocycles. The molecule has 9 rings (SSSR count). The molecule has 19 heteroatoms. The van der Waals surface area contributed by atoms with Crippen LogP contribution in [-0.4, -0.2) is 88.2 Å². The van der Waals surface area contributed by atoms with E-state index < -0.39 is 27.8 Å². The number of hydrogen-bond acceptors (Lipinski definition) is 10. The summed E-state index contributed by atoms with van der Waals surface area (Å²) in [5.74, 6) is -1.49. The number of amides is 3. The van der Waals surface area contributed by atoms with Crippen molar-refractivity contribution in [2.75, 3.05) is 42.8 Å². The Hall–Kier alpha value is -5.97. The lowest BCUT2D eigenvalue weighted by atomic mass is 9.75. The van der Waals surface area contributed by atoms with Crippen LogP contribution in [0.15, 0.2) is 53.6 Å². The molecule has 2 N–H and O–H groups in total. The first-order valence-electron chi connectivity index (χ1n) is 21.8. The Morgan fingerprint density at radius 1 is 0.969 bits per heavy atom. The minimum Gasteiger partial charge on any atom is -0.453 e. The first-order valence-corrected chi connectivity index (χ1v) is 23.3. The van der Waals surface area contributed by atoms with Gasteiger partial charge in [-0.1, -0.05) is 6.92 Å². The van der Waals surface area contributed by atoms with Crippen molar-refractivity contribution in [3.63, 3.8) is 0 Å². The Labute approximate surface area is 368 Å². The maximum Gasteiger partial charge on any atom is 0.329 e. The van der Waals surface area contributed by atoms with Crippen LogP contribution in [-0.2, 0) is 22.1 Å². The molecule has 2 saturated carbocycles. The largest absolute Gasteiger partial charge is 0.453 e. The first-order chi connectivity index (χ1) is 30.7. The van der Waals surface area contributed by atoms with Gasteiger partial charge >= 0.3 is 16.2 Å². The molecule has 0 unspecified atom stereocenters. The first kappa shape index (κ1) is 43.3. The highest BCUT2D eigenvalue weighted by atomic mass is 32.2. The highest BCUT2D eigenvalue weighted by molar-refractivity contribution is 7.90. The molecule has 0 bridgehead atoms. The summed E-state index contributed by atoms with van der Waals surface area (Å²) in [5.41, 5.74) is 1.22. The SMILES string of the molecule is CCN(C)S(=O)(=O)Nc1ccc(F)c(Oc2ccc3ncn([C@H]4CCC5(CCN(C6CCC(c7cc8c(cc7F)c(N7CCC(=O)NC7=O)nn8C)CC6)CC5)C4)c(=O)c3c2)c1C#N. The van der Waals surface area contributed by atoms with E-state index in [1.54, 1.807) is 35.6 Å². The van der Waals surface area contributed by atoms with Crippen LogP contribution < -0.4 is 25.2 Å². The van der Waals surface area contributed by atoms with Gasteiger partial charge in [-0.05, 0) is 130 Å². The third kappa shape index (κ3) is 7.96. The molecule has 5 aromatic rings. The zero-order chi connectivity index (χ0) is 45.1. The quantitative estimate of drug-likeness (QED) is 0.151. The number of nitriles is 1. The molecule has 4 fully saturated rings. The van der Waals surface area contributed by atoms with Crippen LogP contribution in [0.2, 0.25) is 0 Å². The molecule has 3 aromatic carbocycles. The molecular formula is C45H50F2N10O6S. The van der Waals surface area contributed by atoms with Gasteiger partial charge in [0.2, 0.25) is 5.91 Å². The highest BCUT2D eigenvalue weighted by Gasteiger charge is 2.44. The number of fused-ring (bicyclic) bond motifs is 2. The van der Waals surface area contributed by atoms with E-state index in [9.17, 15) is 28.1 Å². The third-order valence-electron chi connectivity index (χ3n) is 14.1. The van der Waals surface area contributed by atoms with Crippen LogP contribution in [0.5, 0.6) is 11.5 Å². The van der Waals surface area contributed by atoms with E-state index in [2.05, 4.69) is 25.0 Å². The second-order valence-electron chi connectivity index (χ2n) is 17.7. The van der Waals surface area contributed by atoms with Crippen LogP contribution in [0.1, 0.15) is 94.2 Å². The van der Waals surface area contributed by atoms with Crippen molar-refractivity contribution in [3.8, 4) is 17.6 Å². The van der Waals surface area contributed by atoms with Crippen molar-refractivity contribution < 1.29 is 31.5 Å². The minimum absolute atomic E-state index is 0.0477. The molecule has 336 valence electrons. The van der Waals surface area contributed by atoms with Crippen LogP contribution in [0, 0.1) is 28.4 Å². The summed E-state index contributed by atoms with van der Waals surface area (Å²) in [5, 5.41) is 17.6. The van der Waals surface area contributed by atoms with Gasteiger partial charge in [-0.2, -0.15) is 23.1 Å². The summed E-state index contributed by atoms with van der Waals surface area (Å²) in [6.07, 6.45) is 10.1. The molecule has 1 atom stereocenters. The number of anilines is 2. The lowest BCUT2D eigenvalue weighted by Gasteiger charge is -2.45. The Balaban J connectivity index is 0.834.